The maximum absolute atomic E-state index is 11.8. The van der Waals surface area contributed by atoms with Crippen LogP contribution in [0.2, 0.25) is 0 Å². The molecule has 0 saturated heterocycles. The molecule has 0 saturated carbocycles. The van der Waals surface area contributed by atoms with E-state index in [9.17, 15) is 9.46 Å². The lowest BCUT2D eigenvalue weighted by Crippen LogP contribution is -2.37. The molecule has 0 fully saturated rings. The first-order valence-electron chi connectivity index (χ1n) is 11.6. The van der Waals surface area contributed by atoms with E-state index in [1.54, 1.807) is 0 Å². The first-order chi connectivity index (χ1) is 13.3. The van der Waals surface area contributed by atoms with Gasteiger partial charge in [-0.3, -0.25) is 0 Å². The number of hydrogen-bond acceptors (Lipinski definition) is 4. The van der Waals surface area contributed by atoms with Crippen LogP contribution in [0, 0.1) is 0 Å². The summed E-state index contributed by atoms with van der Waals surface area (Å²) < 4.78 is 22.8. The van der Waals surface area contributed by atoms with Crippen LogP contribution >= 0.6 is 7.60 Å². The second-order valence-electron chi connectivity index (χ2n) is 9.09. The summed E-state index contributed by atoms with van der Waals surface area (Å²) in [5.41, 5.74) is 0. The molecule has 0 N–H and O–H groups in total. The lowest BCUT2D eigenvalue weighted by molar-refractivity contribution is -0.870. The number of likely N-dealkylation sites (N-methyl/N-ethyl adjacent to an activating group) is 1. The summed E-state index contributed by atoms with van der Waals surface area (Å²) in [5, 5.41) is 0. The van der Waals surface area contributed by atoms with Crippen molar-refractivity contribution >= 4 is 7.60 Å². The lowest BCUT2D eigenvalue weighted by Gasteiger charge is -2.26. The molecule has 0 aromatic rings. The van der Waals surface area contributed by atoms with E-state index in [-0.39, 0.29) is 13.0 Å². The molecule has 0 aliphatic rings. The van der Waals surface area contributed by atoms with Crippen LogP contribution in [-0.4, -0.2) is 51.7 Å². The van der Waals surface area contributed by atoms with E-state index in [0.717, 1.165) is 23.9 Å². The number of quaternary nitrogens is 1. The van der Waals surface area contributed by atoms with Crippen LogP contribution in [-0.2, 0) is 13.8 Å². The van der Waals surface area contributed by atoms with Gasteiger partial charge in [0.15, 0.2) is 7.60 Å². The molecule has 0 bridgehead atoms. The third-order valence-corrected chi connectivity index (χ3v) is 6.02. The van der Waals surface area contributed by atoms with E-state index in [1.165, 1.54) is 77.0 Å². The summed E-state index contributed by atoms with van der Waals surface area (Å²) >= 11 is 0. The van der Waals surface area contributed by atoms with Gasteiger partial charge in [-0.2, -0.15) is 0 Å². The van der Waals surface area contributed by atoms with Crippen LogP contribution in [0.1, 0.15) is 96.8 Å². The highest BCUT2D eigenvalue weighted by Crippen LogP contribution is 2.36. The van der Waals surface area contributed by atoms with E-state index in [0.29, 0.717) is 6.61 Å². The van der Waals surface area contributed by atoms with Gasteiger partial charge in [0.2, 0.25) is 0 Å². The van der Waals surface area contributed by atoms with Gasteiger partial charge in [0.1, 0.15) is 12.9 Å². The topological polar surface area (TPSA) is 58.6 Å². The third-order valence-electron chi connectivity index (χ3n) is 4.94. The van der Waals surface area contributed by atoms with E-state index >= 15 is 0 Å². The third kappa shape index (κ3) is 22.4. The Morgan fingerprint density at radius 3 is 1.57 bits per heavy atom. The van der Waals surface area contributed by atoms with Gasteiger partial charge in [-0.15, -0.1) is 0 Å². The predicted molar refractivity (Wildman–Crippen MR) is 118 cm³/mol. The highest BCUT2D eigenvalue weighted by atomic mass is 31.2. The predicted octanol–water partition coefficient (Wildman–Crippen LogP) is 5.72. The van der Waals surface area contributed by atoms with E-state index in [1.807, 2.05) is 21.1 Å². The molecule has 0 radical (unpaired) electrons. The molecule has 5 nitrogen and oxygen atoms in total. The van der Waals surface area contributed by atoms with Gasteiger partial charge in [-0.25, -0.2) is 0 Å². The standard InChI is InChI=1S/C22H48NO4P/c1-5-6-7-8-9-10-11-12-13-14-15-16-17-18-20-27-28(24,25)22-26-21-19-23(2,3)4/h5-22H2,1-4H3. The fourth-order valence-electron chi connectivity index (χ4n) is 3.05. The fourth-order valence-corrected chi connectivity index (χ4v) is 3.89. The molecule has 0 aliphatic heterocycles. The van der Waals surface area contributed by atoms with E-state index in [4.69, 9.17) is 9.26 Å². The molecule has 0 aromatic heterocycles. The molecule has 6 heteroatoms. The normalized spacial score (nSPS) is 14.3. The van der Waals surface area contributed by atoms with Crippen LogP contribution in [0.15, 0.2) is 0 Å². The molecule has 0 aliphatic carbocycles. The SMILES string of the molecule is CCCCCCCCCCCCCCCCOP(=O)([O-])COCC[N+](C)(C)C. The number of ether oxygens (including phenoxy) is 1. The second kappa shape index (κ2) is 17.9. The molecule has 0 aromatic carbocycles. The minimum Gasteiger partial charge on any atom is -0.777 e. The monoisotopic (exact) mass is 421 g/mol. The number of unbranched alkanes of at least 4 members (excludes halogenated alkanes) is 13. The summed E-state index contributed by atoms with van der Waals surface area (Å²) in [4.78, 5) is 11.8. The first-order valence-corrected chi connectivity index (χ1v) is 13.3. The Labute approximate surface area is 175 Å². The number of nitrogens with zero attached hydrogens (tertiary/aromatic N) is 1. The molecular weight excluding hydrogens is 373 g/mol. The summed E-state index contributed by atoms with van der Waals surface area (Å²) in [6.45, 7) is 3.76. The quantitative estimate of drug-likeness (QED) is 0.135. The highest BCUT2D eigenvalue weighted by Gasteiger charge is 2.11. The Balaban J connectivity index is 3.32. The minimum absolute atomic E-state index is 0.289. The zero-order valence-corrected chi connectivity index (χ0v) is 20.1. The molecule has 0 heterocycles. The van der Waals surface area contributed by atoms with Crippen LogP contribution in [0.25, 0.3) is 0 Å². The lowest BCUT2D eigenvalue weighted by atomic mass is 10.0. The Hall–Kier alpha value is 0.0700. The zero-order chi connectivity index (χ0) is 21.1. The fraction of sp³-hybridized carbons (Fsp3) is 1.00. The maximum atomic E-state index is 11.8. The van der Waals surface area contributed by atoms with Crippen molar-refractivity contribution in [2.75, 3.05) is 47.2 Å². The summed E-state index contributed by atoms with van der Waals surface area (Å²) in [5.74, 6) is 0. The Morgan fingerprint density at radius 1 is 0.714 bits per heavy atom. The smallest absolute Gasteiger partial charge is 0.160 e. The average molecular weight is 422 g/mol. The number of rotatable bonds is 21. The van der Waals surface area contributed by atoms with Gasteiger partial charge < -0.3 is 23.2 Å². The van der Waals surface area contributed by atoms with Crippen molar-refractivity contribution in [1.82, 2.24) is 0 Å². The molecule has 0 rings (SSSR count). The van der Waals surface area contributed by atoms with Crippen LogP contribution in [0.3, 0.4) is 0 Å². The average Bonchev–Trinajstić information content (AvgIpc) is 2.61. The second-order valence-corrected chi connectivity index (χ2v) is 10.8. The van der Waals surface area contributed by atoms with Crippen molar-refractivity contribution in [2.24, 2.45) is 0 Å². The molecule has 170 valence electrons. The molecule has 0 amide bonds. The molecule has 1 unspecified atom stereocenters. The largest absolute Gasteiger partial charge is 0.777 e. The van der Waals surface area contributed by atoms with E-state index in [2.05, 4.69) is 6.92 Å². The molecule has 0 spiro atoms. The van der Waals surface area contributed by atoms with Crippen molar-refractivity contribution in [2.45, 2.75) is 96.8 Å². The Kier molecular flexibility index (Phi) is 17.9. The van der Waals surface area contributed by atoms with Gasteiger partial charge in [-0.1, -0.05) is 90.4 Å². The molecule has 1 atom stereocenters. The van der Waals surface area contributed by atoms with Crippen LogP contribution in [0.4, 0.5) is 0 Å². The highest BCUT2D eigenvalue weighted by molar-refractivity contribution is 7.51. The maximum Gasteiger partial charge on any atom is 0.160 e. The summed E-state index contributed by atoms with van der Waals surface area (Å²) in [6.07, 6.45) is 17.7. The van der Waals surface area contributed by atoms with Gasteiger partial charge in [0.05, 0.1) is 34.4 Å². The van der Waals surface area contributed by atoms with Crippen LogP contribution in [0.5, 0.6) is 0 Å². The van der Waals surface area contributed by atoms with Crippen molar-refractivity contribution in [3.05, 3.63) is 0 Å². The minimum atomic E-state index is -3.84. The first kappa shape index (κ1) is 28.1. The Bertz CT molecular complexity index is 385. The summed E-state index contributed by atoms with van der Waals surface area (Å²) in [7, 11) is 2.30. The van der Waals surface area contributed by atoms with Gasteiger partial charge in [0, 0.05) is 0 Å². The van der Waals surface area contributed by atoms with Gasteiger partial charge in [-0.05, 0) is 6.42 Å². The van der Waals surface area contributed by atoms with Crippen LogP contribution < -0.4 is 4.89 Å². The van der Waals surface area contributed by atoms with E-state index < -0.39 is 7.60 Å². The number of hydrogen-bond donors (Lipinski definition) is 0. The zero-order valence-electron chi connectivity index (χ0n) is 19.3. The molecular formula is C22H48NO4P. The van der Waals surface area contributed by atoms with Crippen molar-refractivity contribution in [3.63, 3.8) is 0 Å². The van der Waals surface area contributed by atoms with Crippen molar-refractivity contribution in [1.29, 1.82) is 0 Å². The van der Waals surface area contributed by atoms with Gasteiger partial charge >= 0.3 is 0 Å². The van der Waals surface area contributed by atoms with Crippen molar-refractivity contribution < 1.29 is 23.2 Å². The van der Waals surface area contributed by atoms with Crippen molar-refractivity contribution in [3.8, 4) is 0 Å². The van der Waals surface area contributed by atoms with Gasteiger partial charge in [0.25, 0.3) is 0 Å². The Morgan fingerprint density at radius 2 is 1.14 bits per heavy atom. The molecule has 28 heavy (non-hydrogen) atoms. The summed E-state index contributed by atoms with van der Waals surface area (Å²) in [6, 6.07) is 0.